The van der Waals surface area contributed by atoms with Gasteiger partial charge in [-0.05, 0) is 19.3 Å². The van der Waals surface area contributed by atoms with E-state index in [0.717, 1.165) is 0 Å². The van der Waals surface area contributed by atoms with Gasteiger partial charge in [-0.1, -0.05) is 0 Å². The number of rotatable bonds is 1. The number of ether oxygens (including phenoxy) is 1. The Hall–Kier alpha value is -1.90. The minimum absolute atomic E-state index is 0.0698. The molecular formula is C15H18F3N5O. The normalized spacial score (nSPS) is 24.6. The predicted octanol–water partition coefficient (Wildman–Crippen LogP) is 2.31. The SMILES string of the molecule is FC(F)(F)[C@H]1CCN(c2nccn3cnnc23)CC12CCOCC2. The molecule has 4 rings (SSSR count). The first-order valence-corrected chi connectivity index (χ1v) is 8.03. The van der Waals surface area contributed by atoms with Gasteiger partial charge >= 0.3 is 6.18 Å². The summed E-state index contributed by atoms with van der Waals surface area (Å²) in [4.78, 5) is 6.29. The van der Waals surface area contributed by atoms with E-state index in [4.69, 9.17) is 4.74 Å². The average Bonchev–Trinajstić information content (AvgIpc) is 3.03. The highest BCUT2D eigenvalue weighted by molar-refractivity contribution is 5.63. The summed E-state index contributed by atoms with van der Waals surface area (Å²) in [6, 6.07) is 0. The average molecular weight is 341 g/mol. The molecule has 0 bridgehead atoms. The van der Waals surface area contributed by atoms with Crippen LogP contribution in [0.15, 0.2) is 18.7 Å². The summed E-state index contributed by atoms with van der Waals surface area (Å²) >= 11 is 0. The van der Waals surface area contributed by atoms with Crippen LogP contribution in [-0.2, 0) is 4.74 Å². The fourth-order valence-electron chi connectivity index (χ4n) is 4.10. The highest BCUT2D eigenvalue weighted by Gasteiger charge is 2.56. The second-order valence-corrected chi connectivity index (χ2v) is 6.59. The quantitative estimate of drug-likeness (QED) is 0.797. The van der Waals surface area contributed by atoms with Crippen molar-refractivity contribution in [1.82, 2.24) is 19.6 Å². The van der Waals surface area contributed by atoms with Gasteiger partial charge in [0, 0.05) is 44.1 Å². The summed E-state index contributed by atoms with van der Waals surface area (Å²) in [7, 11) is 0. The number of hydrogen-bond donors (Lipinski definition) is 0. The first kappa shape index (κ1) is 15.6. The Balaban J connectivity index is 1.69. The molecule has 1 atom stereocenters. The third-order valence-corrected chi connectivity index (χ3v) is 5.31. The fourth-order valence-corrected chi connectivity index (χ4v) is 4.10. The monoisotopic (exact) mass is 341 g/mol. The molecule has 2 aromatic heterocycles. The molecule has 0 saturated carbocycles. The van der Waals surface area contributed by atoms with Crippen LogP contribution >= 0.6 is 0 Å². The third-order valence-electron chi connectivity index (χ3n) is 5.31. The molecule has 0 aromatic carbocycles. The Morgan fingerprint density at radius 1 is 1.25 bits per heavy atom. The number of halogens is 3. The Bertz CT molecular complexity index is 725. The largest absolute Gasteiger partial charge is 0.392 e. The van der Waals surface area contributed by atoms with Gasteiger partial charge in [-0.25, -0.2) is 4.98 Å². The van der Waals surface area contributed by atoms with E-state index in [9.17, 15) is 13.2 Å². The molecule has 4 heterocycles. The molecule has 0 amide bonds. The number of nitrogens with zero attached hydrogens (tertiary/aromatic N) is 5. The van der Waals surface area contributed by atoms with Gasteiger partial charge in [-0.2, -0.15) is 13.2 Å². The van der Waals surface area contributed by atoms with Crippen LogP contribution < -0.4 is 4.90 Å². The molecule has 24 heavy (non-hydrogen) atoms. The second-order valence-electron chi connectivity index (χ2n) is 6.59. The summed E-state index contributed by atoms with van der Waals surface area (Å²) in [5.74, 6) is -0.691. The number of fused-ring (bicyclic) bond motifs is 1. The van der Waals surface area contributed by atoms with E-state index < -0.39 is 17.5 Å². The molecule has 1 spiro atoms. The fraction of sp³-hybridized carbons (Fsp3) is 0.667. The van der Waals surface area contributed by atoms with Gasteiger partial charge in [0.05, 0.1) is 5.92 Å². The lowest BCUT2D eigenvalue weighted by Gasteiger charge is -2.50. The second kappa shape index (κ2) is 5.58. The number of hydrogen-bond acceptors (Lipinski definition) is 5. The zero-order valence-corrected chi connectivity index (χ0v) is 13.0. The molecule has 2 fully saturated rings. The Morgan fingerprint density at radius 2 is 2.04 bits per heavy atom. The molecule has 2 aromatic rings. The zero-order valence-electron chi connectivity index (χ0n) is 13.0. The minimum Gasteiger partial charge on any atom is -0.381 e. The molecule has 2 aliphatic heterocycles. The van der Waals surface area contributed by atoms with Gasteiger partial charge in [0.15, 0.2) is 5.82 Å². The van der Waals surface area contributed by atoms with Crippen molar-refractivity contribution < 1.29 is 17.9 Å². The molecule has 0 N–H and O–H groups in total. The number of piperidine rings is 1. The van der Waals surface area contributed by atoms with E-state index in [1.165, 1.54) is 0 Å². The smallest absolute Gasteiger partial charge is 0.381 e. The molecule has 0 unspecified atom stereocenters. The van der Waals surface area contributed by atoms with Crippen LogP contribution in [0.3, 0.4) is 0 Å². The van der Waals surface area contributed by atoms with Crippen LogP contribution in [0.25, 0.3) is 5.65 Å². The van der Waals surface area contributed by atoms with Crippen LogP contribution in [0.5, 0.6) is 0 Å². The maximum absolute atomic E-state index is 13.6. The van der Waals surface area contributed by atoms with Gasteiger partial charge in [0.25, 0.3) is 0 Å². The highest BCUT2D eigenvalue weighted by atomic mass is 19.4. The lowest BCUT2D eigenvalue weighted by atomic mass is 9.65. The van der Waals surface area contributed by atoms with Gasteiger partial charge in [-0.15, -0.1) is 10.2 Å². The van der Waals surface area contributed by atoms with Gasteiger partial charge in [0.1, 0.15) is 6.33 Å². The van der Waals surface area contributed by atoms with Crippen molar-refractivity contribution in [3.8, 4) is 0 Å². The summed E-state index contributed by atoms with van der Waals surface area (Å²) in [5, 5.41) is 7.92. The van der Waals surface area contributed by atoms with E-state index in [1.807, 2.05) is 4.90 Å². The Morgan fingerprint density at radius 3 is 2.79 bits per heavy atom. The molecule has 2 aliphatic rings. The standard InChI is InChI=1S/C15H18F3N5O/c16-15(17,18)11-1-5-22(9-14(11)2-7-24-8-3-14)12-13-21-20-10-23(13)6-4-19-12/h4,6,10-11H,1-3,5,7-9H2/t11-/m0/s1. The molecule has 130 valence electrons. The van der Waals surface area contributed by atoms with Crippen molar-refractivity contribution in [2.45, 2.75) is 25.4 Å². The van der Waals surface area contributed by atoms with Crippen molar-refractivity contribution >= 4 is 11.5 Å². The highest BCUT2D eigenvalue weighted by Crippen LogP contribution is 2.51. The van der Waals surface area contributed by atoms with Crippen molar-refractivity contribution in [2.24, 2.45) is 11.3 Å². The van der Waals surface area contributed by atoms with E-state index in [0.29, 0.717) is 50.6 Å². The van der Waals surface area contributed by atoms with Gasteiger partial charge < -0.3 is 9.64 Å². The summed E-state index contributed by atoms with van der Waals surface area (Å²) < 4.78 is 47.9. The molecule has 0 aliphatic carbocycles. The number of anilines is 1. The van der Waals surface area contributed by atoms with Crippen LogP contribution in [0.4, 0.5) is 19.0 Å². The van der Waals surface area contributed by atoms with Crippen LogP contribution in [0.1, 0.15) is 19.3 Å². The third kappa shape index (κ3) is 2.51. The van der Waals surface area contributed by atoms with E-state index in [2.05, 4.69) is 15.2 Å². The number of aromatic nitrogens is 4. The van der Waals surface area contributed by atoms with E-state index in [-0.39, 0.29) is 6.42 Å². The van der Waals surface area contributed by atoms with Crippen molar-refractivity contribution in [3.05, 3.63) is 18.7 Å². The maximum Gasteiger partial charge on any atom is 0.392 e. The van der Waals surface area contributed by atoms with Gasteiger partial charge in [0.2, 0.25) is 5.65 Å². The van der Waals surface area contributed by atoms with Crippen molar-refractivity contribution in [2.75, 3.05) is 31.2 Å². The molecule has 0 radical (unpaired) electrons. The lowest BCUT2D eigenvalue weighted by Crippen LogP contribution is -2.56. The molecular weight excluding hydrogens is 323 g/mol. The van der Waals surface area contributed by atoms with Crippen molar-refractivity contribution in [1.29, 1.82) is 0 Å². The zero-order chi connectivity index (χ0) is 16.8. The summed E-state index contributed by atoms with van der Waals surface area (Å²) in [6.45, 7) is 1.39. The number of alkyl halides is 3. The maximum atomic E-state index is 13.6. The summed E-state index contributed by atoms with van der Waals surface area (Å²) in [5.41, 5.74) is -0.242. The first-order chi connectivity index (χ1) is 11.5. The van der Waals surface area contributed by atoms with Crippen LogP contribution in [0.2, 0.25) is 0 Å². The minimum atomic E-state index is -4.18. The predicted molar refractivity (Wildman–Crippen MR) is 79.6 cm³/mol. The topological polar surface area (TPSA) is 55.6 Å². The molecule has 6 nitrogen and oxygen atoms in total. The summed E-state index contributed by atoms with van der Waals surface area (Å²) in [6.07, 6.45) is 1.64. The van der Waals surface area contributed by atoms with E-state index in [1.54, 1.807) is 23.1 Å². The first-order valence-electron chi connectivity index (χ1n) is 8.03. The Labute approximate surface area is 136 Å². The Kier molecular flexibility index (Phi) is 3.63. The molecule has 2 saturated heterocycles. The van der Waals surface area contributed by atoms with Crippen LogP contribution in [-0.4, -0.2) is 52.1 Å². The lowest BCUT2D eigenvalue weighted by molar-refractivity contribution is -0.223. The molecule has 9 heteroatoms. The van der Waals surface area contributed by atoms with Crippen LogP contribution in [0, 0.1) is 11.3 Å². The van der Waals surface area contributed by atoms with Crippen molar-refractivity contribution in [3.63, 3.8) is 0 Å². The van der Waals surface area contributed by atoms with E-state index >= 15 is 0 Å². The van der Waals surface area contributed by atoms with Gasteiger partial charge in [-0.3, -0.25) is 4.40 Å².